The molecule has 0 saturated heterocycles. The van der Waals surface area contributed by atoms with Crippen molar-refractivity contribution < 1.29 is 27.9 Å². The standard InChI is InChI=1S/C16H18F3NO3/c1-3-8-12(4-2)15(14(22)23,16(17,18)19)20-13(21)11-9-6-5-7-10-11/h4-7,9-10,12H,2-3,8H2,1H3,(H,20,21)(H,22,23). The van der Waals surface area contributed by atoms with Crippen LogP contribution in [-0.4, -0.2) is 28.7 Å². The smallest absolute Gasteiger partial charge is 0.423 e. The molecule has 0 aliphatic carbocycles. The van der Waals surface area contributed by atoms with E-state index in [2.05, 4.69) is 6.58 Å². The number of nitrogens with one attached hydrogen (secondary N) is 1. The van der Waals surface area contributed by atoms with Gasteiger partial charge < -0.3 is 10.4 Å². The van der Waals surface area contributed by atoms with E-state index >= 15 is 0 Å². The van der Waals surface area contributed by atoms with Crippen molar-refractivity contribution in [3.63, 3.8) is 0 Å². The van der Waals surface area contributed by atoms with Crippen LogP contribution in [0.5, 0.6) is 0 Å². The van der Waals surface area contributed by atoms with E-state index in [0.29, 0.717) is 6.42 Å². The summed E-state index contributed by atoms with van der Waals surface area (Å²) in [7, 11) is 0. The molecule has 126 valence electrons. The highest BCUT2D eigenvalue weighted by Crippen LogP contribution is 2.39. The summed E-state index contributed by atoms with van der Waals surface area (Å²) in [6.07, 6.45) is -4.03. The Labute approximate surface area is 132 Å². The molecular formula is C16H18F3NO3. The Morgan fingerprint density at radius 1 is 1.30 bits per heavy atom. The molecule has 0 saturated carbocycles. The second-order valence-electron chi connectivity index (χ2n) is 5.06. The second kappa shape index (κ2) is 7.30. The average Bonchev–Trinajstić information content (AvgIpc) is 2.49. The Morgan fingerprint density at radius 3 is 2.26 bits per heavy atom. The summed E-state index contributed by atoms with van der Waals surface area (Å²) in [4.78, 5) is 23.7. The van der Waals surface area contributed by atoms with Crippen LogP contribution < -0.4 is 5.32 Å². The highest BCUT2D eigenvalue weighted by atomic mass is 19.4. The predicted molar refractivity (Wildman–Crippen MR) is 78.9 cm³/mol. The third-order valence-electron chi connectivity index (χ3n) is 3.57. The van der Waals surface area contributed by atoms with Crippen LogP contribution in [0.15, 0.2) is 43.0 Å². The normalized spacial score (nSPS) is 15.3. The average molecular weight is 329 g/mol. The predicted octanol–water partition coefficient (Wildman–Crippen LogP) is 3.40. The number of carbonyl (C=O) groups is 2. The topological polar surface area (TPSA) is 66.4 Å². The van der Waals surface area contributed by atoms with Crippen molar-refractivity contribution in [1.82, 2.24) is 5.32 Å². The number of alkyl halides is 3. The Bertz CT molecular complexity index is 572. The minimum Gasteiger partial charge on any atom is -0.479 e. The number of amides is 1. The second-order valence-corrected chi connectivity index (χ2v) is 5.06. The molecule has 2 N–H and O–H groups in total. The molecule has 4 nitrogen and oxygen atoms in total. The number of halogens is 3. The van der Waals surface area contributed by atoms with E-state index in [-0.39, 0.29) is 12.0 Å². The molecule has 23 heavy (non-hydrogen) atoms. The van der Waals surface area contributed by atoms with Crippen molar-refractivity contribution in [3.05, 3.63) is 48.6 Å². The molecule has 0 radical (unpaired) electrons. The Kier molecular flexibility index (Phi) is 5.95. The summed E-state index contributed by atoms with van der Waals surface area (Å²) in [5, 5.41) is 11.0. The van der Waals surface area contributed by atoms with Crippen LogP contribution in [0.3, 0.4) is 0 Å². The first-order valence-corrected chi connectivity index (χ1v) is 7.01. The van der Waals surface area contributed by atoms with Gasteiger partial charge in [-0.05, 0) is 18.6 Å². The molecule has 0 fully saturated rings. The lowest BCUT2D eigenvalue weighted by Crippen LogP contribution is -2.67. The highest BCUT2D eigenvalue weighted by Gasteiger charge is 2.65. The first-order valence-electron chi connectivity index (χ1n) is 7.01. The molecule has 0 bridgehead atoms. The summed E-state index contributed by atoms with van der Waals surface area (Å²) in [5.41, 5.74) is -3.47. The molecule has 0 aliphatic rings. The van der Waals surface area contributed by atoms with Crippen molar-refractivity contribution in [1.29, 1.82) is 0 Å². The van der Waals surface area contributed by atoms with Crippen molar-refractivity contribution in [2.45, 2.75) is 31.5 Å². The minimum absolute atomic E-state index is 0.0540. The Balaban J connectivity index is 3.36. The van der Waals surface area contributed by atoms with Gasteiger partial charge in [0.1, 0.15) is 0 Å². The van der Waals surface area contributed by atoms with E-state index in [0.717, 1.165) is 6.08 Å². The van der Waals surface area contributed by atoms with Gasteiger partial charge in [-0.15, -0.1) is 6.58 Å². The molecule has 2 unspecified atom stereocenters. The molecule has 0 aliphatic heterocycles. The van der Waals surface area contributed by atoms with Crippen LogP contribution in [0.1, 0.15) is 30.1 Å². The number of hydrogen-bond acceptors (Lipinski definition) is 2. The van der Waals surface area contributed by atoms with Crippen molar-refractivity contribution >= 4 is 11.9 Å². The minimum atomic E-state index is -5.18. The maximum Gasteiger partial charge on any atom is 0.423 e. The number of carboxylic acid groups (broad SMARTS) is 1. The maximum atomic E-state index is 13.6. The number of aliphatic carboxylic acids is 1. The number of rotatable bonds is 7. The van der Waals surface area contributed by atoms with E-state index < -0.39 is 29.5 Å². The summed E-state index contributed by atoms with van der Waals surface area (Å²) in [5.74, 6) is -4.75. The van der Waals surface area contributed by atoms with Gasteiger partial charge in [0.15, 0.2) is 0 Å². The molecule has 2 atom stereocenters. The Morgan fingerprint density at radius 2 is 1.87 bits per heavy atom. The number of hydrogen-bond donors (Lipinski definition) is 2. The first kappa shape index (κ1) is 18.7. The fourth-order valence-electron chi connectivity index (χ4n) is 2.37. The molecular weight excluding hydrogens is 311 g/mol. The van der Waals surface area contributed by atoms with E-state index in [9.17, 15) is 27.9 Å². The molecule has 0 heterocycles. The third kappa shape index (κ3) is 3.72. The zero-order valence-electron chi connectivity index (χ0n) is 12.6. The van der Waals surface area contributed by atoms with Crippen LogP contribution in [0.4, 0.5) is 13.2 Å². The molecule has 1 aromatic carbocycles. The first-order chi connectivity index (χ1) is 10.7. The van der Waals surface area contributed by atoms with Crippen LogP contribution >= 0.6 is 0 Å². The summed E-state index contributed by atoms with van der Waals surface area (Å²) < 4.78 is 40.9. The van der Waals surface area contributed by atoms with Gasteiger partial charge >= 0.3 is 12.1 Å². The van der Waals surface area contributed by atoms with Gasteiger partial charge in [-0.3, -0.25) is 4.79 Å². The molecule has 0 aromatic heterocycles. The number of carbonyl (C=O) groups excluding carboxylic acids is 1. The van der Waals surface area contributed by atoms with E-state index in [1.54, 1.807) is 18.3 Å². The van der Waals surface area contributed by atoms with Crippen LogP contribution in [-0.2, 0) is 4.79 Å². The monoisotopic (exact) mass is 329 g/mol. The highest BCUT2D eigenvalue weighted by molar-refractivity contribution is 5.98. The lowest BCUT2D eigenvalue weighted by Gasteiger charge is -2.37. The van der Waals surface area contributed by atoms with Crippen LogP contribution in [0.25, 0.3) is 0 Å². The SMILES string of the molecule is C=CC(CCC)C(NC(=O)c1ccccc1)(C(=O)O)C(F)(F)F. The number of benzene rings is 1. The Hall–Kier alpha value is -2.31. The molecule has 1 rings (SSSR count). The van der Waals surface area contributed by atoms with Crippen LogP contribution in [0, 0.1) is 5.92 Å². The maximum absolute atomic E-state index is 13.6. The van der Waals surface area contributed by atoms with E-state index in [1.165, 1.54) is 24.3 Å². The molecule has 1 aromatic rings. The fourth-order valence-corrected chi connectivity index (χ4v) is 2.37. The van der Waals surface area contributed by atoms with Gasteiger partial charge in [0.25, 0.3) is 5.91 Å². The van der Waals surface area contributed by atoms with Gasteiger partial charge in [-0.1, -0.05) is 37.6 Å². The van der Waals surface area contributed by atoms with E-state index in [1.807, 2.05) is 0 Å². The van der Waals surface area contributed by atoms with Gasteiger partial charge in [0.05, 0.1) is 0 Å². The van der Waals surface area contributed by atoms with E-state index in [4.69, 9.17) is 0 Å². The van der Waals surface area contributed by atoms with Gasteiger partial charge in [0.2, 0.25) is 5.54 Å². The molecule has 1 amide bonds. The van der Waals surface area contributed by atoms with Crippen molar-refractivity contribution in [2.24, 2.45) is 5.92 Å². The molecule has 7 heteroatoms. The lowest BCUT2D eigenvalue weighted by atomic mass is 9.79. The summed E-state index contributed by atoms with van der Waals surface area (Å²) in [6.45, 7) is 4.93. The lowest BCUT2D eigenvalue weighted by molar-refractivity contribution is -0.216. The number of carboxylic acids is 1. The van der Waals surface area contributed by atoms with Crippen molar-refractivity contribution in [2.75, 3.05) is 0 Å². The fraction of sp³-hybridized carbons (Fsp3) is 0.375. The van der Waals surface area contributed by atoms with Crippen molar-refractivity contribution in [3.8, 4) is 0 Å². The van der Waals surface area contributed by atoms with Crippen LogP contribution in [0.2, 0.25) is 0 Å². The largest absolute Gasteiger partial charge is 0.479 e. The summed E-state index contributed by atoms with van der Waals surface area (Å²) >= 11 is 0. The quantitative estimate of drug-likeness (QED) is 0.754. The summed E-state index contributed by atoms with van der Waals surface area (Å²) in [6, 6.07) is 7.15. The van der Waals surface area contributed by atoms with Gasteiger partial charge in [-0.25, -0.2) is 4.79 Å². The third-order valence-corrected chi connectivity index (χ3v) is 3.57. The van der Waals surface area contributed by atoms with Gasteiger partial charge in [0, 0.05) is 11.5 Å². The van der Waals surface area contributed by atoms with Gasteiger partial charge in [-0.2, -0.15) is 13.2 Å². The zero-order valence-corrected chi connectivity index (χ0v) is 12.6. The zero-order chi connectivity index (χ0) is 17.7. The molecule has 0 spiro atoms.